The number of likely N-dealkylation sites (N-methyl/N-ethyl adjacent to an activating group) is 1. The van der Waals surface area contributed by atoms with Gasteiger partial charge in [0.05, 0.1) is 5.70 Å². The monoisotopic (exact) mass is 477 g/mol. The molecule has 0 aliphatic rings. The van der Waals surface area contributed by atoms with E-state index in [1.807, 2.05) is 42.5 Å². The van der Waals surface area contributed by atoms with Crippen LogP contribution in [0.25, 0.3) is 5.70 Å². The Balaban J connectivity index is 1.60. The third-order valence-corrected chi connectivity index (χ3v) is 5.01. The van der Waals surface area contributed by atoms with Crippen LogP contribution in [-0.4, -0.2) is 32.1 Å². The molecule has 1 unspecified atom stereocenters. The first kappa shape index (κ1) is 25.5. The van der Waals surface area contributed by atoms with E-state index in [9.17, 15) is 9.18 Å². The minimum absolute atomic E-state index is 0.120. The predicted molar refractivity (Wildman–Crippen MR) is 133 cm³/mol. The second kappa shape index (κ2) is 12.9. The Hall–Kier alpha value is -4.17. The summed E-state index contributed by atoms with van der Waals surface area (Å²) in [4.78, 5) is 22.7. The predicted octanol–water partition coefficient (Wildman–Crippen LogP) is 4.39. The van der Waals surface area contributed by atoms with Gasteiger partial charge in [0.15, 0.2) is 5.71 Å². The number of carbonyl (C=O) groups excluding carboxylic acids is 1. The minimum atomic E-state index is -1.48. The summed E-state index contributed by atoms with van der Waals surface area (Å²) in [6, 6.07) is 23.4. The highest BCUT2D eigenvalue weighted by atomic mass is 19.1. The molecule has 0 fully saturated rings. The Bertz CT molecular complexity index is 1170. The van der Waals surface area contributed by atoms with Gasteiger partial charge in [0.25, 0.3) is 5.91 Å². The van der Waals surface area contributed by atoms with E-state index in [2.05, 4.69) is 22.5 Å². The number of nitrogens with one attached hydrogen (secondary N) is 2. The van der Waals surface area contributed by atoms with Crippen LogP contribution in [0.3, 0.4) is 0 Å². The summed E-state index contributed by atoms with van der Waals surface area (Å²) >= 11 is 0. The number of nitrogens with zero attached hydrogens (tertiary/aromatic N) is 1. The number of alkyl halides is 1. The van der Waals surface area contributed by atoms with Crippen molar-refractivity contribution >= 4 is 17.3 Å². The van der Waals surface area contributed by atoms with E-state index in [0.29, 0.717) is 28.1 Å². The molecule has 3 aromatic rings. The molecular formula is C27H28FN3O4. The van der Waals surface area contributed by atoms with Crippen molar-refractivity contribution in [1.29, 1.82) is 0 Å². The molecule has 3 aromatic carbocycles. The van der Waals surface area contributed by atoms with Crippen LogP contribution in [0.5, 0.6) is 5.75 Å². The number of carbonyl (C=O) groups is 1. The molecule has 1 amide bonds. The fraction of sp³-hybridized carbons (Fsp3) is 0.185. The van der Waals surface area contributed by atoms with Gasteiger partial charge >= 0.3 is 0 Å². The number of halogens is 1. The van der Waals surface area contributed by atoms with E-state index in [1.54, 1.807) is 36.4 Å². The van der Waals surface area contributed by atoms with Crippen LogP contribution >= 0.6 is 0 Å². The maximum absolute atomic E-state index is 14.4. The topological polar surface area (TPSA) is 81.2 Å². The second-order valence-corrected chi connectivity index (χ2v) is 7.47. The molecule has 0 heterocycles. The molecule has 0 saturated heterocycles. The maximum Gasteiger partial charge on any atom is 0.273 e. The molecule has 2 N–H and O–H groups in total. The lowest BCUT2D eigenvalue weighted by molar-refractivity contribution is -0.114. The van der Waals surface area contributed by atoms with Crippen molar-refractivity contribution in [2.45, 2.75) is 19.4 Å². The number of hydrogen-bond donors (Lipinski definition) is 2. The normalized spacial score (nSPS) is 11.9. The lowest BCUT2D eigenvalue weighted by atomic mass is 10.0. The van der Waals surface area contributed by atoms with Gasteiger partial charge in [-0.25, -0.2) is 4.39 Å². The van der Waals surface area contributed by atoms with Gasteiger partial charge in [-0.1, -0.05) is 78.5 Å². The van der Waals surface area contributed by atoms with E-state index >= 15 is 0 Å². The third-order valence-electron chi connectivity index (χ3n) is 5.01. The Morgan fingerprint density at radius 2 is 1.80 bits per heavy atom. The van der Waals surface area contributed by atoms with E-state index in [1.165, 1.54) is 14.2 Å². The van der Waals surface area contributed by atoms with Crippen molar-refractivity contribution in [1.82, 2.24) is 10.8 Å². The van der Waals surface area contributed by atoms with Crippen molar-refractivity contribution in [3.05, 3.63) is 108 Å². The molecule has 0 spiro atoms. The number of hydroxylamine groups is 1. The Kier molecular flexibility index (Phi) is 9.39. The molecule has 0 aromatic heterocycles. The van der Waals surface area contributed by atoms with Gasteiger partial charge in [0.1, 0.15) is 19.5 Å². The fourth-order valence-electron chi connectivity index (χ4n) is 3.31. The van der Waals surface area contributed by atoms with Gasteiger partial charge in [-0.2, -0.15) is 0 Å². The van der Waals surface area contributed by atoms with E-state index in [0.717, 1.165) is 5.56 Å². The molecule has 0 saturated carbocycles. The molecule has 0 aliphatic heterocycles. The van der Waals surface area contributed by atoms with Gasteiger partial charge in [-0.3, -0.25) is 15.1 Å². The minimum Gasteiger partial charge on any atom is -0.460 e. The summed E-state index contributed by atoms with van der Waals surface area (Å²) in [5.41, 5.74) is 6.20. The molecule has 35 heavy (non-hydrogen) atoms. The van der Waals surface area contributed by atoms with Crippen LogP contribution in [-0.2, 0) is 27.5 Å². The van der Waals surface area contributed by atoms with E-state index in [-0.39, 0.29) is 24.6 Å². The van der Waals surface area contributed by atoms with Gasteiger partial charge in [-0.15, -0.1) is 0 Å². The van der Waals surface area contributed by atoms with Crippen molar-refractivity contribution in [3.8, 4) is 5.75 Å². The summed E-state index contributed by atoms with van der Waals surface area (Å²) in [5.74, 6) is -0.00265. The highest BCUT2D eigenvalue weighted by Gasteiger charge is 2.17. The molecule has 0 bridgehead atoms. The largest absolute Gasteiger partial charge is 0.460 e. The standard InChI is InChI=1S/C27H28FN3O4/c1-19(21-13-9-14-23(17-21)35-25(28)16-20-10-5-4-6-11-20)30-34-18-22-12-7-8-15-24(22)26(31-33-3)27(32)29-2/h4-15,17,25,30H,1,16,18H2,2-3H3,(H,29,32). The SMILES string of the molecule is C=C(NOCc1ccccc1C(=NOC)C(=O)NC)c1cccc(OC(F)Cc2ccccc2)c1. The Morgan fingerprint density at radius 1 is 1.06 bits per heavy atom. The quantitative estimate of drug-likeness (QED) is 0.299. The summed E-state index contributed by atoms with van der Waals surface area (Å²) in [5, 5.41) is 6.39. The van der Waals surface area contributed by atoms with Crippen molar-refractivity contribution in [2.24, 2.45) is 5.16 Å². The highest BCUT2D eigenvalue weighted by Crippen LogP contribution is 2.21. The second-order valence-electron chi connectivity index (χ2n) is 7.47. The summed E-state index contributed by atoms with van der Waals surface area (Å²) in [6.07, 6.45) is -1.33. The zero-order valence-electron chi connectivity index (χ0n) is 19.7. The molecule has 8 heteroatoms. The lowest BCUT2D eigenvalue weighted by Crippen LogP contribution is -2.29. The molecule has 182 valence electrons. The molecule has 3 rings (SSSR count). The molecular weight excluding hydrogens is 449 g/mol. The van der Waals surface area contributed by atoms with E-state index < -0.39 is 6.36 Å². The Labute approximate surface area is 204 Å². The number of amides is 1. The van der Waals surface area contributed by atoms with Crippen molar-refractivity contribution in [2.75, 3.05) is 14.2 Å². The number of oxime groups is 1. The molecule has 1 atom stereocenters. The maximum atomic E-state index is 14.4. The number of hydrogen-bond acceptors (Lipinski definition) is 6. The van der Waals surface area contributed by atoms with Crippen LogP contribution in [0.1, 0.15) is 22.3 Å². The van der Waals surface area contributed by atoms with Gasteiger partial charge in [-0.05, 0) is 23.3 Å². The van der Waals surface area contributed by atoms with Gasteiger partial charge < -0.3 is 14.9 Å². The smallest absolute Gasteiger partial charge is 0.273 e. The number of rotatable bonds is 12. The van der Waals surface area contributed by atoms with Crippen LogP contribution in [0, 0.1) is 0 Å². The van der Waals surface area contributed by atoms with Crippen molar-refractivity contribution in [3.63, 3.8) is 0 Å². The molecule has 0 radical (unpaired) electrons. The third kappa shape index (κ3) is 7.41. The van der Waals surface area contributed by atoms with E-state index in [4.69, 9.17) is 14.4 Å². The Morgan fingerprint density at radius 3 is 2.54 bits per heavy atom. The number of ether oxygens (including phenoxy) is 1. The average molecular weight is 478 g/mol. The van der Waals surface area contributed by atoms with Crippen molar-refractivity contribution < 1.29 is 23.6 Å². The van der Waals surface area contributed by atoms with Crippen LogP contribution in [0.4, 0.5) is 4.39 Å². The van der Waals surface area contributed by atoms with Crippen LogP contribution < -0.4 is 15.5 Å². The first-order valence-electron chi connectivity index (χ1n) is 10.9. The number of benzene rings is 3. The van der Waals surface area contributed by atoms with Gasteiger partial charge in [0, 0.05) is 24.6 Å². The summed E-state index contributed by atoms with van der Waals surface area (Å²) < 4.78 is 19.8. The molecule has 0 aliphatic carbocycles. The average Bonchev–Trinajstić information content (AvgIpc) is 2.88. The summed E-state index contributed by atoms with van der Waals surface area (Å²) in [7, 11) is 2.89. The fourth-order valence-corrected chi connectivity index (χ4v) is 3.31. The zero-order valence-corrected chi connectivity index (χ0v) is 19.7. The first-order valence-corrected chi connectivity index (χ1v) is 10.9. The zero-order chi connectivity index (χ0) is 25.0. The highest BCUT2D eigenvalue weighted by molar-refractivity contribution is 6.45. The summed E-state index contributed by atoms with van der Waals surface area (Å²) in [6.45, 7) is 4.10. The van der Waals surface area contributed by atoms with Crippen LogP contribution in [0.2, 0.25) is 0 Å². The molecule has 7 nitrogen and oxygen atoms in total. The first-order chi connectivity index (χ1) is 17.0. The van der Waals surface area contributed by atoms with Gasteiger partial charge in [0.2, 0.25) is 6.36 Å². The van der Waals surface area contributed by atoms with Crippen LogP contribution in [0.15, 0.2) is 90.6 Å². The lowest BCUT2D eigenvalue weighted by Gasteiger charge is -2.15.